The van der Waals surface area contributed by atoms with Crippen molar-refractivity contribution >= 4 is 23.1 Å². The van der Waals surface area contributed by atoms with Crippen molar-refractivity contribution in [2.45, 2.75) is 58.4 Å². The third-order valence-corrected chi connectivity index (χ3v) is 6.80. The number of imidazole rings is 1. The van der Waals surface area contributed by atoms with Crippen molar-refractivity contribution in [2.75, 3.05) is 18.0 Å². The highest BCUT2D eigenvalue weighted by Gasteiger charge is 2.28. The SMILES string of the molecule is CCc1c(C)nc(-n2ccnc2)nc1N1CCCCC1CC(=O)NCCc1cccs1. The number of amides is 1. The third-order valence-electron chi connectivity index (χ3n) is 5.86. The molecule has 1 aliphatic rings. The fraction of sp³-hybridized carbons (Fsp3) is 0.478. The summed E-state index contributed by atoms with van der Waals surface area (Å²) < 4.78 is 1.84. The number of nitrogens with zero attached hydrogens (tertiary/aromatic N) is 5. The van der Waals surface area contributed by atoms with Gasteiger partial charge in [-0.2, -0.15) is 4.98 Å². The number of thiophene rings is 1. The number of carbonyl (C=O) groups excluding carboxylic acids is 1. The summed E-state index contributed by atoms with van der Waals surface area (Å²) in [5.41, 5.74) is 2.15. The molecular formula is C23H30N6OS. The molecule has 1 atom stereocenters. The molecule has 1 amide bonds. The van der Waals surface area contributed by atoms with Gasteiger partial charge in [0.25, 0.3) is 0 Å². The molecule has 31 heavy (non-hydrogen) atoms. The minimum atomic E-state index is 0.118. The van der Waals surface area contributed by atoms with Gasteiger partial charge in [0.2, 0.25) is 11.9 Å². The van der Waals surface area contributed by atoms with E-state index in [-0.39, 0.29) is 11.9 Å². The summed E-state index contributed by atoms with van der Waals surface area (Å²) in [6.07, 6.45) is 10.8. The van der Waals surface area contributed by atoms with E-state index in [4.69, 9.17) is 9.97 Å². The summed E-state index contributed by atoms with van der Waals surface area (Å²) >= 11 is 1.73. The predicted molar refractivity (Wildman–Crippen MR) is 124 cm³/mol. The van der Waals surface area contributed by atoms with Crippen LogP contribution < -0.4 is 10.2 Å². The minimum Gasteiger partial charge on any atom is -0.356 e. The Morgan fingerprint density at radius 2 is 2.23 bits per heavy atom. The Morgan fingerprint density at radius 1 is 1.32 bits per heavy atom. The quantitative estimate of drug-likeness (QED) is 0.580. The number of rotatable bonds is 8. The van der Waals surface area contributed by atoms with E-state index in [1.54, 1.807) is 23.9 Å². The Kier molecular flexibility index (Phi) is 6.96. The van der Waals surface area contributed by atoms with Crippen LogP contribution in [0.15, 0.2) is 36.2 Å². The molecule has 0 spiro atoms. The molecule has 7 nitrogen and oxygen atoms in total. The maximum absolute atomic E-state index is 12.7. The average Bonchev–Trinajstić information content (AvgIpc) is 3.48. The number of nitrogens with one attached hydrogen (secondary N) is 1. The van der Waals surface area contributed by atoms with Gasteiger partial charge in [-0.05, 0) is 50.5 Å². The van der Waals surface area contributed by atoms with Gasteiger partial charge in [0.1, 0.15) is 12.1 Å². The average molecular weight is 439 g/mol. The van der Waals surface area contributed by atoms with Crippen LogP contribution in [0.5, 0.6) is 0 Å². The van der Waals surface area contributed by atoms with E-state index >= 15 is 0 Å². The minimum absolute atomic E-state index is 0.118. The fourth-order valence-corrected chi connectivity index (χ4v) is 4.98. The lowest BCUT2D eigenvalue weighted by Crippen LogP contribution is -2.44. The van der Waals surface area contributed by atoms with Crippen molar-refractivity contribution in [1.29, 1.82) is 0 Å². The Bertz CT molecular complexity index is 986. The highest BCUT2D eigenvalue weighted by atomic mass is 32.1. The van der Waals surface area contributed by atoms with E-state index in [0.29, 0.717) is 18.9 Å². The number of anilines is 1. The Balaban J connectivity index is 1.50. The molecule has 1 fully saturated rings. The first kappa shape index (κ1) is 21.5. The molecule has 3 aromatic rings. The lowest BCUT2D eigenvalue weighted by atomic mass is 9.97. The molecule has 1 N–H and O–H groups in total. The second-order valence-corrected chi connectivity index (χ2v) is 8.99. The maximum Gasteiger partial charge on any atom is 0.237 e. The van der Waals surface area contributed by atoms with E-state index in [1.807, 2.05) is 17.7 Å². The molecule has 0 bridgehead atoms. The van der Waals surface area contributed by atoms with Gasteiger partial charge >= 0.3 is 0 Å². The summed E-state index contributed by atoms with van der Waals surface area (Å²) in [6.45, 7) is 5.78. The molecule has 0 aliphatic carbocycles. The Labute approximate surface area is 187 Å². The molecule has 0 aromatic carbocycles. The Morgan fingerprint density at radius 3 is 2.97 bits per heavy atom. The van der Waals surface area contributed by atoms with E-state index in [0.717, 1.165) is 55.7 Å². The van der Waals surface area contributed by atoms with Gasteiger partial charge in [0, 0.05) is 54.1 Å². The monoisotopic (exact) mass is 438 g/mol. The summed E-state index contributed by atoms with van der Waals surface area (Å²) in [5, 5.41) is 5.18. The second kappa shape index (κ2) is 10.0. The zero-order chi connectivity index (χ0) is 21.6. The zero-order valence-corrected chi connectivity index (χ0v) is 19.1. The van der Waals surface area contributed by atoms with Gasteiger partial charge < -0.3 is 10.2 Å². The number of piperidine rings is 1. The predicted octanol–water partition coefficient (Wildman–Crippen LogP) is 3.70. The number of aryl methyl sites for hydroxylation is 1. The van der Waals surface area contributed by atoms with Crippen LogP contribution in [-0.4, -0.2) is 44.6 Å². The molecule has 164 valence electrons. The van der Waals surface area contributed by atoms with Crippen molar-refractivity contribution in [3.05, 3.63) is 52.4 Å². The largest absolute Gasteiger partial charge is 0.356 e. The second-order valence-electron chi connectivity index (χ2n) is 7.96. The first-order valence-electron chi connectivity index (χ1n) is 11.1. The van der Waals surface area contributed by atoms with Crippen LogP contribution in [0.1, 0.15) is 48.7 Å². The Hall–Kier alpha value is -2.74. The van der Waals surface area contributed by atoms with Crippen LogP contribution in [0.25, 0.3) is 5.95 Å². The fourth-order valence-electron chi connectivity index (χ4n) is 4.27. The molecule has 4 rings (SSSR count). The van der Waals surface area contributed by atoms with E-state index in [9.17, 15) is 4.79 Å². The van der Waals surface area contributed by atoms with Crippen molar-refractivity contribution in [3.63, 3.8) is 0 Å². The number of hydrogen-bond acceptors (Lipinski definition) is 6. The smallest absolute Gasteiger partial charge is 0.237 e. The molecule has 0 saturated carbocycles. The molecule has 1 unspecified atom stereocenters. The van der Waals surface area contributed by atoms with Crippen molar-refractivity contribution < 1.29 is 4.79 Å². The first-order valence-corrected chi connectivity index (χ1v) is 11.9. The summed E-state index contributed by atoms with van der Waals surface area (Å²) in [7, 11) is 0. The molecule has 1 saturated heterocycles. The highest BCUT2D eigenvalue weighted by molar-refractivity contribution is 7.09. The summed E-state index contributed by atoms with van der Waals surface area (Å²) in [4.78, 5) is 30.1. The van der Waals surface area contributed by atoms with Crippen LogP contribution in [0.4, 0.5) is 5.82 Å². The lowest BCUT2D eigenvalue weighted by Gasteiger charge is -2.37. The van der Waals surface area contributed by atoms with Crippen LogP contribution in [-0.2, 0) is 17.6 Å². The molecule has 3 aromatic heterocycles. The van der Waals surface area contributed by atoms with Gasteiger partial charge in [0.15, 0.2) is 0 Å². The van der Waals surface area contributed by atoms with Gasteiger partial charge in [-0.25, -0.2) is 9.97 Å². The van der Waals surface area contributed by atoms with Crippen molar-refractivity contribution in [3.8, 4) is 5.95 Å². The normalized spacial score (nSPS) is 16.5. The molecular weight excluding hydrogens is 408 g/mol. The van der Waals surface area contributed by atoms with E-state index in [2.05, 4.69) is 39.6 Å². The summed E-state index contributed by atoms with van der Waals surface area (Å²) in [5.74, 6) is 1.72. The summed E-state index contributed by atoms with van der Waals surface area (Å²) in [6, 6.07) is 4.32. The van der Waals surface area contributed by atoms with Gasteiger partial charge in [-0.15, -0.1) is 11.3 Å². The van der Waals surface area contributed by atoms with Gasteiger partial charge in [0.05, 0.1) is 0 Å². The number of aromatic nitrogens is 4. The first-order chi connectivity index (χ1) is 15.2. The molecule has 1 aliphatic heterocycles. The molecule has 0 radical (unpaired) electrons. The molecule has 8 heteroatoms. The third kappa shape index (κ3) is 5.12. The van der Waals surface area contributed by atoms with E-state index in [1.165, 1.54) is 4.88 Å². The number of carbonyl (C=O) groups is 1. The van der Waals surface area contributed by atoms with E-state index < -0.39 is 0 Å². The van der Waals surface area contributed by atoms with Crippen molar-refractivity contribution in [1.82, 2.24) is 24.8 Å². The van der Waals surface area contributed by atoms with Crippen LogP contribution in [0, 0.1) is 6.92 Å². The highest BCUT2D eigenvalue weighted by Crippen LogP contribution is 2.30. The lowest BCUT2D eigenvalue weighted by molar-refractivity contribution is -0.121. The van der Waals surface area contributed by atoms with Crippen LogP contribution >= 0.6 is 11.3 Å². The number of hydrogen-bond donors (Lipinski definition) is 1. The standard InChI is InChI=1S/C23H30N6OS/c1-3-20-17(2)26-23(28-13-11-24-16-28)27-22(20)29-12-5-4-7-18(29)15-21(30)25-10-9-19-8-6-14-31-19/h6,8,11,13-14,16,18H,3-5,7,9-10,12,15H2,1-2H3,(H,25,30). The van der Waals surface area contributed by atoms with Gasteiger partial charge in [-0.1, -0.05) is 13.0 Å². The van der Waals surface area contributed by atoms with Crippen LogP contribution in [0.2, 0.25) is 0 Å². The van der Waals surface area contributed by atoms with Gasteiger partial charge in [-0.3, -0.25) is 9.36 Å². The zero-order valence-electron chi connectivity index (χ0n) is 18.3. The topological polar surface area (TPSA) is 75.9 Å². The molecule has 4 heterocycles. The van der Waals surface area contributed by atoms with Crippen molar-refractivity contribution in [2.24, 2.45) is 0 Å². The van der Waals surface area contributed by atoms with Crippen LogP contribution in [0.3, 0.4) is 0 Å². The maximum atomic E-state index is 12.7.